The molecular formula is C28H27N5O4S. The van der Waals surface area contributed by atoms with Crippen LogP contribution in [0.3, 0.4) is 0 Å². The molecule has 1 aliphatic rings. The Bertz CT molecular complexity index is 1580. The molecule has 9 nitrogen and oxygen atoms in total. The number of nitrogens with zero attached hydrogens (tertiary/aromatic N) is 4. The normalized spacial score (nSPS) is 17.8. The molecule has 0 bridgehead atoms. The Balaban J connectivity index is 1.28. The maximum Gasteiger partial charge on any atom is 0.273 e. The van der Waals surface area contributed by atoms with Gasteiger partial charge in [-0.2, -0.15) is 0 Å². The van der Waals surface area contributed by atoms with E-state index < -0.39 is 10.0 Å². The summed E-state index contributed by atoms with van der Waals surface area (Å²) in [5.41, 5.74) is 1.53. The van der Waals surface area contributed by atoms with Crippen LogP contribution in [0.4, 0.5) is 5.69 Å². The zero-order valence-corrected chi connectivity index (χ0v) is 21.8. The molecule has 2 atom stereocenters. The van der Waals surface area contributed by atoms with Crippen molar-refractivity contribution < 1.29 is 18.0 Å². The van der Waals surface area contributed by atoms with Gasteiger partial charge in [-0.05, 0) is 62.4 Å². The summed E-state index contributed by atoms with van der Waals surface area (Å²) in [6.07, 6.45) is 3.14. The van der Waals surface area contributed by atoms with Crippen LogP contribution in [0.1, 0.15) is 34.7 Å². The summed E-state index contributed by atoms with van der Waals surface area (Å²) in [4.78, 5) is 38.2. The van der Waals surface area contributed by atoms with E-state index in [2.05, 4.69) is 14.7 Å². The molecule has 0 saturated carbocycles. The number of pyridine rings is 2. The van der Waals surface area contributed by atoms with Crippen molar-refractivity contribution in [3.05, 3.63) is 96.4 Å². The van der Waals surface area contributed by atoms with E-state index in [0.717, 1.165) is 5.39 Å². The number of amides is 2. The summed E-state index contributed by atoms with van der Waals surface area (Å²) >= 11 is 0. The van der Waals surface area contributed by atoms with E-state index >= 15 is 0 Å². The molecule has 38 heavy (non-hydrogen) atoms. The molecule has 0 spiro atoms. The van der Waals surface area contributed by atoms with Crippen molar-refractivity contribution in [2.24, 2.45) is 0 Å². The molecule has 0 radical (unpaired) electrons. The first-order valence-corrected chi connectivity index (χ1v) is 13.7. The van der Waals surface area contributed by atoms with Gasteiger partial charge in [0.25, 0.3) is 21.8 Å². The van der Waals surface area contributed by atoms with E-state index in [4.69, 9.17) is 0 Å². The molecule has 1 N–H and O–H groups in total. The van der Waals surface area contributed by atoms with Crippen LogP contribution < -0.4 is 4.72 Å². The monoisotopic (exact) mass is 529 g/mol. The van der Waals surface area contributed by atoms with Gasteiger partial charge >= 0.3 is 0 Å². The van der Waals surface area contributed by atoms with Crippen LogP contribution in [0.5, 0.6) is 0 Å². The van der Waals surface area contributed by atoms with Crippen LogP contribution in [0.25, 0.3) is 10.9 Å². The van der Waals surface area contributed by atoms with Gasteiger partial charge in [-0.3, -0.25) is 24.3 Å². The Morgan fingerprint density at radius 1 is 0.816 bits per heavy atom. The summed E-state index contributed by atoms with van der Waals surface area (Å²) < 4.78 is 28.7. The fourth-order valence-electron chi connectivity index (χ4n) is 4.88. The van der Waals surface area contributed by atoms with Crippen molar-refractivity contribution in [2.75, 3.05) is 17.8 Å². The minimum Gasteiger partial charge on any atom is -0.335 e. The van der Waals surface area contributed by atoms with Crippen molar-refractivity contribution in [1.82, 2.24) is 19.8 Å². The van der Waals surface area contributed by atoms with Gasteiger partial charge in [0, 0.05) is 54.2 Å². The van der Waals surface area contributed by atoms with Gasteiger partial charge in [0.05, 0.1) is 5.52 Å². The van der Waals surface area contributed by atoms with Crippen LogP contribution >= 0.6 is 0 Å². The highest BCUT2D eigenvalue weighted by molar-refractivity contribution is 7.93. The third-order valence-electron chi connectivity index (χ3n) is 6.59. The molecular weight excluding hydrogens is 502 g/mol. The van der Waals surface area contributed by atoms with E-state index in [1.165, 1.54) is 6.07 Å². The fourth-order valence-corrected chi connectivity index (χ4v) is 6.12. The third-order valence-corrected chi connectivity index (χ3v) is 8.01. The maximum atomic E-state index is 13.3. The Hall–Kier alpha value is -4.31. The van der Waals surface area contributed by atoms with Crippen LogP contribution in [0, 0.1) is 0 Å². The number of anilines is 1. The first-order valence-electron chi connectivity index (χ1n) is 12.2. The lowest BCUT2D eigenvalue weighted by atomic mass is 10.1. The molecule has 194 valence electrons. The highest BCUT2D eigenvalue weighted by atomic mass is 32.2. The number of hydrogen-bond donors (Lipinski definition) is 1. The van der Waals surface area contributed by atoms with Crippen LogP contribution in [0.2, 0.25) is 0 Å². The predicted octanol–water partition coefficient (Wildman–Crippen LogP) is 3.81. The number of carbonyl (C=O) groups excluding carboxylic acids is 2. The number of aromatic nitrogens is 2. The van der Waals surface area contributed by atoms with Gasteiger partial charge in [0.1, 0.15) is 10.6 Å². The SMILES string of the molecule is C[C@@H]1CN(C(=O)c2ccc(NS(=O)(=O)c3cccc4cccnc34)cc2)C[C@H](C)N1C(=O)c1ccccn1. The summed E-state index contributed by atoms with van der Waals surface area (Å²) in [6, 6.07) is 19.7. The standard InChI is InChI=1S/C28H27N5O4S/c1-19-17-32(18-20(2)33(19)28(35)24-9-3-4-15-29-24)27(34)22-11-13-23(14-12-22)31-38(36,37)25-10-5-7-21-8-6-16-30-26(21)25/h3-16,19-20,31H,17-18H2,1-2H3/t19-,20+. The van der Waals surface area contributed by atoms with Crippen molar-refractivity contribution in [3.8, 4) is 0 Å². The minimum atomic E-state index is -3.90. The lowest BCUT2D eigenvalue weighted by molar-refractivity contribution is 0.0251. The lowest BCUT2D eigenvalue weighted by Gasteiger charge is -2.44. The van der Waals surface area contributed by atoms with E-state index in [-0.39, 0.29) is 28.8 Å². The summed E-state index contributed by atoms with van der Waals surface area (Å²) in [6.45, 7) is 4.59. The number of para-hydroxylation sites is 1. The molecule has 4 aromatic rings. The number of hydrogen-bond acceptors (Lipinski definition) is 6. The van der Waals surface area contributed by atoms with E-state index in [1.807, 2.05) is 13.8 Å². The molecule has 10 heteroatoms. The summed E-state index contributed by atoms with van der Waals surface area (Å²) in [7, 11) is -3.90. The van der Waals surface area contributed by atoms with Crippen molar-refractivity contribution in [2.45, 2.75) is 30.8 Å². The molecule has 1 saturated heterocycles. The zero-order chi connectivity index (χ0) is 26.9. The molecule has 2 amide bonds. The van der Waals surface area contributed by atoms with E-state index in [9.17, 15) is 18.0 Å². The van der Waals surface area contributed by atoms with Gasteiger partial charge in [0.2, 0.25) is 0 Å². The quantitative estimate of drug-likeness (QED) is 0.421. The summed E-state index contributed by atoms with van der Waals surface area (Å²) in [5.74, 6) is -0.336. The second kappa shape index (κ2) is 10.2. The van der Waals surface area contributed by atoms with Crippen molar-refractivity contribution in [1.29, 1.82) is 0 Å². The molecule has 0 unspecified atom stereocenters. The number of nitrogens with one attached hydrogen (secondary N) is 1. The Morgan fingerprint density at radius 2 is 1.50 bits per heavy atom. The molecule has 2 aromatic heterocycles. The smallest absolute Gasteiger partial charge is 0.273 e. The molecule has 5 rings (SSSR count). The van der Waals surface area contributed by atoms with Gasteiger partial charge in [-0.25, -0.2) is 8.42 Å². The minimum absolute atomic E-state index is 0.0804. The number of fused-ring (bicyclic) bond motifs is 1. The second-order valence-electron chi connectivity index (χ2n) is 9.35. The average Bonchev–Trinajstić information content (AvgIpc) is 2.92. The fraction of sp³-hybridized carbons (Fsp3) is 0.214. The van der Waals surface area contributed by atoms with Gasteiger partial charge in [-0.15, -0.1) is 0 Å². The van der Waals surface area contributed by atoms with Crippen LogP contribution in [-0.4, -0.2) is 65.2 Å². The number of carbonyl (C=O) groups is 2. The Morgan fingerprint density at radius 3 is 2.18 bits per heavy atom. The topological polar surface area (TPSA) is 113 Å². The van der Waals surface area contributed by atoms with Gasteiger partial charge in [-0.1, -0.05) is 24.3 Å². The van der Waals surface area contributed by atoms with E-state index in [1.54, 1.807) is 88.9 Å². The zero-order valence-electron chi connectivity index (χ0n) is 21.0. The molecule has 1 fully saturated rings. The van der Waals surface area contributed by atoms with Crippen LogP contribution in [0.15, 0.2) is 90.1 Å². The number of piperazine rings is 1. The molecule has 2 aromatic carbocycles. The number of benzene rings is 2. The predicted molar refractivity (Wildman–Crippen MR) is 144 cm³/mol. The summed E-state index contributed by atoms with van der Waals surface area (Å²) in [5, 5.41) is 0.724. The van der Waals surface area contributed by atoms with Crippen LogP contribution in [-0.2, 0) is 10.0 Å². The number of rotatable bonds is 5. The van der Waals surface area contributed by atoms with Crippen molar-refractivity contribution >= 4 is 38.4 Å². The van der Waals surface area contributed by atoms with Gasteiger partial charge in [0.15, 0.2) is 0 Å². The first-order chi connectivity index (χ1) is 18.2. The lowest BCUT2D eigenvalue weighted by Crippen LogP contribution is -2.59. The highest BCUT2D eigenvalue weighted by Crippen LogP contribution is 2.24. The van der Waals surface area contributed by atoms with Gasteiger partial charge < -0.3 is 9.80 Å². The van der Waals surface area contributed by atoms with E-state index in [0.29, 0.717) is 35.6 Å². The number of sulfonamides is 1. The average molecular weight is 530 g/mol. The molecule has 1 aliphatic heterocycles. The maximum absolute atomic E-state index is 13.3. The third kappa shape index (κ3) is 4.95. The molecule has 0 aliphatic carbocycles. The Labute approximate surface area is 221 Å². The second-order valence-corrected chi connectivity index (χ2v) is 11.0. The first kappa shape index (κ1) is 25.3. The van der Waals surface area contributed by atoms with Crippen molar-refractivity contribution in [3.63, 3.8) is 0 Å². The highest BCUT2D eigenvalue weighted by Gasteiger charge is 2.35. The Kier molecular flexibility index (Phi) is 6.81. The largest absolute Gasteiger partial charge is 0.335 e. The molecule has 3 heterocycles.